The Morgan fingerprint density at radius 3 is 1.00 bits per heavy atom. The predicted molar refractivity (Wildman–Crippen MR) is 16.6 cm³/mol. The standard InChI is InChI=1S/C2H2O4.Mn.2Na.4O/c3-1(4)2(5)6;;;;;;;/h(H,3,4)(H,5,6);;;;;;;/q;;2*+1;;;2*-1. The fraction of sp³-hybridized carbons (Fsp3) is 0. The molecule has 0 aromatic heterocycles. The van der Waals surface area contributed by atoms with E-state index in [0.717, 1.165) is 0 Å². The fourth-order valence-electron chi connectivity index (χ4n) is 0. The molecule has 0 aliphatic rings. The van der Waals surface area contributed by atoms with Crippen LogP contribution in [0.1, 0.15) is 0 Å². The van der Waals surface area contributed by atoms with E-state index in [1.165, 1.54) is 0 Å². The zero-order chi connectivity index (χ0) is 9.65. The van der Waals surface area contributed by atoms with Crippen LogP contribution >= 0.6 is 0 Å². The quantitative estimate of drug-likeness (QED) is 0.319. The second-order valence-corrected chi connectivity index (χ2v) is 2.17. The molecule has 0 saturated heterocycles. The van der Waals surface area contributed by atoms with Gasteiger partial charge in [0.25, 0.3) is 0 Å². The number of rotatable bonds is 0. The van der Waals surface area contributed by atoms with E-state index >= 15 is 0 Å². The maximum absolute atomic E-state index is 9.10. The molecule has 0 bridgehead atoms. The van der Waals surface area contributed by atoms with Gasteiger partial charge in [0.15, 0.2) is 0 Å². The number of carboxylic acids is 2. The van der Waals surface area contributed by atoms with Crippen molar-refractivity contribution in [3.63, 3.8) is 0 Å². The Morgan fingerprint density at radius 1 is 0.923 bits per heavy atom. The number of carboxylic acid groups (broad SMARTS) is 2. The first-order chi connectivity index (χ1) is 4.64. The molecule has 67 valence electrons. The molecule has 0 saturated carbocycles. The molecule has 13 heavy (non-hydrogen) atoms. The van der Waals surface area contributed by atoms with Crippen LogP contribution in [0.2, 0.25) is 0 Å². The Labute approximate surface area is 119 Å². The van der Waals surface area contributed by atoms with E-state index in [1.807, 2.05) is 0 Å². The van der Waals surface area contributed by atoms with Gasteiger partial charge in [0.1, 0.15) is 0 Å². The van der Waals surface area contributed by atoms with Crippen molar-refractivity contribution in [1.29, 1.82) is 0 Å². The summed E-state index contributed by atoms with van der Waals surface area (Å²) in [5, 5.41) is 14.8. The first-order valence-electron chi connectivity index (χ1n) is 1.72. The zero-order valence-electron chi connectivity index (χ0n) is 6.72. The van der Waals surface area contributed by atoms with Crippen molar-refractivity contribution in [2.45, 2.75) is 0 Å². The van der Waals surface area contributed by atoms with Crippen LogP contribution < -0.4 is 67.5 Å². The SMILES string of the molecule is O=C(O)C(=O)O.[Na+].[Na+].[O]=[Mn](=[O])([O-])[O-]. The molecule has 0 aliphatic carbocycles. The van der Waals surface area contributed by atoms with Gasteiger partial charge in [0, 0.05) is 0 Å². The van der Waals surface area contributed by atoms with Crippen LogP contribution in [0, 0.1) is 0 Å². The topological polar surface area (TPSA) is 155 Å². The van der Waals surface area contributed by atoms with Crippen LogP contribution in [0.15, 0.2) is 0 Å². The average Bonchev–Trinajstić information content (AvgIpc) is 1.59. The molecule has 0 radical (unpaired) electrons. The molecule has 2 N–H and O–H groups in total. The molecule has 0 rings (SSSR count). The van der Waals surface area contributed by atoms with Gasteiger partial charge in [-0.25, -0.2) is 9.59 Å². The third-order valence-corrected chi connectivity index (χ3v) is 0.183. The van der Waals surface area contributed by atoms with Crippen molar-refractivity contribution in [2.24, 2.45) is 0 Å². The van der Waals surface area contributed by atoms with Crippen LogP contribution in [-0.2, 0) is 30.6 Å². The van der Waals surface area contributed by atoms with Crippen molar-refractivity contribution < 1.29 is 108 Å². The van der Waals surface area contributed by atoms with Crippen molar-refractivity contribution in [3.8, 4) is 0 Å². The fourth-order valence-corrected chi connectivity index (χ4v) is 0. The summed E-state index contributed by atoms with van der Waals surface area (Å²) < 4.78 is 34.3. The summed E-state index contributed by atoms with van der Waals surface area (Å²) in [5.41, 5.74) is 0. The van der Waals surface area contributed by atoms with Crippen LogP contribution in [0.25, 0.3) is 0 Å². The molecule has 11 heteroatoms. The maximum atomic E-state index is 9.10. The second kappa shape index (κ2) is 11.1. The van der Waals surface area contributed by atoms with Gasteiger partial charge in [-0.05, 0) is 0 Å². The van der Waals surface area contributed by atoms with Gasteiger partial charge < -0.3 is 10.2 Å². The molecule has 0 aromatic rings. The van der Waals surface area contributed by atoms with Crippen molar-refractivity contribution in [2.75, 3.05) is 0 Å². The van der Waals surface area contributed by atoms with Crippen molar-refractivity contribution in [3.05, 3.63) is 0 Å². The molecular formula is C2H2MnNa2O8. The second-order valence-electron chi connectivity index (χ2n) is 0.988. The molecular weight excluding hydrogens is 253 g/mol. The van der Waals surface area contributed by atoms with E-state index in [1.54, 1.807) is 0 Å². The number of hydrogen-bond donors (Lipinski definition) is 2. The molecule has 0 fully saturated rings. The van der Waals surface area contributed by atoms with Gasteiger partial charge in [-0.15, -0.1) is 0 Å². The summed E-state index contributed by atoms with van der Waals surface area (Å²) in [4.78, 5) is 18.2. The Kier molecular flexibility index (Phi) is 20.1. The Bertz CT molecular complexity index is 223. The van der Waals surface area contributed by atoms with Crippen LogP contribution in [0.5, 0.6) is 0 Å². The first kappa shape index (κ1) is 23.6. The van der Waals surface area contributed by atoms with E-state index in [4.69, 9.17) is 35.8 Å². The average molecular weight is 255 g/mol. The monoisotopic (exact) mass is 255 g/mol. The van der Waals surface area contributed by atoms with Gasteiger partial charge in [0.2, 0.25) is 0 Å². The summed E-state index contributed by atoms with van der Waals surface area (Å²) >= 11 is -5.62. The molecule has 0 aliphatic heterocycles. The van der Waals surface area contributed by atoms with Crippen LogP contribution in [-0.4, -0.2) is 22.2 Å². The number of hydrogen-bond acceptors (Lipinski definition) is 6. The Balaban J connectivity index is -0.0000000546. The van der Waals surface area contributed by atoms with E-state index in [0.29, 0.717) is 0 Å². The minimum absolute atomic E-state index is 0. The molecule has 0 aromatic carbocycles. The summed E-state index contributed by atoms with van der Waals surface area (Å²) in [6.45, 7) is 0. The first-order valence-corrected chi connectivity index (χ1v) is 3.65. The molecule has 0 amide bonds. The minimum atomic E-state index is -5.62. The normalized spacial score (nSPS) is 7.85. The summed E-state index contributed by atoms with van der Waals surface area (Å²) in [7, 11) is 0. The Morgan fingerprint density at radius 2 is 1.00 bits per heavy atom. The van der Waals surface area contributed by atoms with Crippen LogP contribution in [0.4, 0.5) is 0 Å². The number of aliphatic carboxylic acids is 2. The molecule has 0 spiro atoms. The summed E-state index contributed by atoms with van der Waals surface area (Å²) in [6, 6.07) is 0. The number of carbonyl (C=O) groups is 2. The van der Waals surface area contributed by atoms with E-state index < -0.39 is 25.3 Å². The van der Waals surface area contributed by atoms with Crippen molar-refractivity contribution in [1.82, 2.24) is 0 Å². The van der Waals surface area contributed by atoms with Gasteiger partial charge in [0.05, 0.1) is 0 Å². The van der Waals surface area contributed by atoms with Gasteiger partial charge in [-0.2, -0.15) is 0 Å². The van der Waals surface area contributed by atoms with Gasteiger partial charge in [-0.1, -0.05) is 0 Å². The van der Waals surface area contributed by atoms with E-state index in [9.17, 15) is 0 Å². The summed E-state index contributed by atoms with van der Waals surface area (Å²) in [5.74, 6) is -3.65. The van der Waals surface area contributed by atoms with Crippen LogP contribution in [0.3, 0.4) is 0 Å². The molecule has 0 atom stereocenters. The van der Waals surface area contributed by atoms with Crippen molar-refractivity contribution >= 4 is 11.9 Å². The molecule has 0 heterocycles. The third kappa shape index (κ3) is 63.1. The third-order valence-electron chi connectivity index (χ3n) is 0.183. The van der Waals surface area contributed by atoms with E-state index in [2.05, 4.69) is 0 Å². The summed E-state index contributed by atoms with van der Waals surface area (Å²) in [6.07, 6.45) is 0. The van der Waals surface area contributed by atoms with Gasteiger partial charge in [-0.3, -0.25) is 0 Å². The van der Waals surface area contributed by atoms with E-state index in [-0.39, 0.29) is 59.1 Å². The molecule has 0 unspecified atom stereocenters. The zero-order valence-corrected chi connectivity index (χ0v) is 11.9. The van der Waals surface area contributed by atoms with Gasteiger partial charge >= 0.3 is 100 Å². The predicted octanol–water partition coefficient (Wildman–Crippen LogP) is -9.45. The Hall–Kier alpha value is 0.979. The molecule has 8 nitrogen and oxygen atoms in total.